The minimum atomic E-state index is -0.793. The number of carbonyl (C=O) groups is 3. The van der Waals surface area contributed by atoms with E-state index in [1.54, 1.807) is 12.1 Å². The van der Waals surface area contributed by atoms with E-state index in [0.29, 0.717) is 5.06 Å². The number of nitrogens with zero attached hydrogens (tertiary/aromatic N) is 6. The molecular formula is C49H39I3N8O4. The molecule has 6 aromatic heterocycles. The Morgan fingerprint density at radius 2 is 0.812 bits per heavy atom. The number of amides is 2. The molecule has 1 fully saturated rings. The molecule has 9 heterocycles. The average molecular weight is 1180 g/mol. The lowest BCUT2D eigenvalue weighted by Gasteiger charge is -2.12. The fourth-order valence-corrected chi connectivity index (χ4v) is 7.99. The molecule has 0 unspecified atom stereocenters. The maximum absolute atomic E-state index is 13.1. The molecule has 0 radical (unpaired) electrons. The SMILES string of the molecule is C[n+]1ccc(-c2c3nc(c(-c4cc[n+](C)cc4)c4ccc([nH]4)c(-c4ccc(C(=O)ON5C(=O)CCC5=O)cc4)c4ccc([nH]4)c(-c4cc[n+](C)cc4)c4nc2C=C4)C=C3)cc1.[I-].[I-].[I-]. The van der Waals surface area contributed by atoms with Crippen LogP contribution in [0.15, 0.2) is 122 Å². The van der Waals surface area contributed by atoms with Crippen molar-refractivity contribution in [1.82, 2.24) is 25.0 Å². The molecule has 0 atom stereocenters. The van der Waals surface area contributed by atoms with E-state index in [4.69, 9.17) is 14.8 Å². The topological polar surface area (TPSA) is 133 Å². The number of hydrogen-bond acceptors (Lipinski definition) is 6. The van der Waals surface area contributed by atoms with Gasteiger partial charge in [-0.1, -0.05) is 12.1 Å². The summed E-state index contributed by atoms with van der Waals surface area (Å²) in [6, 6.07) is 27.7. The predicted octanol–water partition coefficient (Wildman–Crippen LogP) is -1.97. The summed E-state index contributed by atoms with van der Waals surface area (Å²) in [6.07, 6.45) is 20.4. The minimum Gasteiger partial charge on any atom is -1.00 e. The summed E-state index contributed by atoms with van der Waals surface area (Å²) in [5.41, 5.74) is 14.1. The second-order valence-corrected chi connectivity index (χ2v) is 15.3. The normalized spacial score (nSPS) is 12.7. The van der Waals surface area contributed by atoms with E-state index in [9.17, 15) is 14.4 Å². The number of benzene rings is 1. The predicted molar refractivity (Wildman–Crippen MR) is 231 cm³/mol. The van der Waals surface area contributed by atoms with Crippen LogP contribution in [-0.2, 0) is 35.6 Å². The van der Waals surface area contributed by atoms with Crippen LogP contribution in [-0.4, -0.2) is 42.8 Å². The van der Waals surface area contributed by atoms with Crippen molar-refractivity contribution in [2.75, 3.05) is 0 Å². The molecule has 3 aliphatic rings. The van der Waals surface area contributed by atoms with Gasteiger partial charge in [0.25, 0.3) is 11.8 Å². The molecule has 3 aliphatic heterocycles. The molecule has 10 rings (SSSR count). The van der Waals surface area contributed by atoms with Crippen LogP contribution in [0.5, 0.6) is 0 Å². The third-order valence-electron chi connectivity index (χ3n) is 11.1. The summed E-state index contributed by atoms with van der Waals surface area (Å²) < 4.78 is 6.01. The van der Waals surface area contributed by atoms with Crippen LogP contribution in [0, 0.1) is 0 Å². The number of aryl methyl sites for hydroxylation is 3. The first kappa shape index (κ1) is 46.1. The van der Waals surface area contributed by atoms with Gasteiger partial charge in [-0.3, -0.25) is 9.59 Å². The van der Waals surface area contributed by atoms with E-state index in [0.717, 1.165) is 89.4 Å². The Bertz CT molecular complexity index is 3040. The van der Waals surface area contributed by atoms with Crippen LogP contribution >= 0.6 is 0 Å². The van der Waals surface area contributed by atoms with Crippen molar-refractivity contribution in [3.05, 3.63) is 150 Å². The van der Waals surface area contributed by atoms with Gasteiger partial charge in [0.2, 0.25) is 0 Å². The third-order valence-corrected chi connectivity index (χ3v) is 11.1. The summed E-state index contributed by atoms with van der Waals surface area (Å²) >= 11 is 0. The summed E-state index contributed by atoms with van der Waals surface area (Å²) in [6.45, 7) is 0. The second kappa shape index (κ2) is 19.0. The number of rotatable bonds is 6. The van der Waals surface area contributed by atoms with Crippen molar-refractivity contribution in [2.24, 2.45) is 21.1 Å². The molecule has 15 heteroatoms. The smallest absolute Gasteiger partial charge is 0.363 e. The van der Waals surface area contributed by atoms with Crippen molar-refractivity contribution >= 4 is 64.2 Å². The number of pyridine rings is 3. The van der Waals surface area contributed by atoms with Gasteiger partial charge in [-0.05, 0) is 83.0 Å². The highest BCUT2D eigenvalue weighted by molar-refractivity contribution is 6.04. The van der Waals surface area contributed by atoms with Gasteiger partial charge >= 0.3 is 5.97 Å². The monoisotopic (exact) mass is 1180 g/mol. The molecule has 8 bridgehead atoms. The molecule has 12 nitrogen and oxygen atoms in total. The minimum absolute atomic E-state index is 0. The summed E-state index contributed by atoms with van der Waals surface area (Å²) in [4.78, 5) is 60.9. The Balaban J connectivity index is 0.00000204. The number of fused-ring (bicyclic) bond motifs is 8. The molecule has 0 aliphatic carbocycles. The third kappa shape index (κ3) is 8.79. The van der Waals surface area contributed by atoms with E-state index in [1.807, 2.05) is 84.2 Å². The molecule has 7 aromatic rings. The molecule has 64 heavy (non-hydrogen) atoms. The van der Waals surface area contributed by atoms with Gasteiger partial charge in [0.15, 0.2) is 37.2 Å². The maximum Gasteiger partial charge on any atom is 0.363 e. The van der Waals surface area contributed by atoms with Crippen LogP contribution in [0.3, 0.4) is 0 Å². The van der Waals surface area contributed by atoms with Crippen molar-refractivity contribution in [3.63, 3.8) is 0 Å². The number of halogens is 3. The first-order valence-corrected chi connectivity index (χ1v) is 19.9. The van der Waals surface area contributed by atoms with Crippen molar-refractivity contribution in [1.29, 1.82) is 0 Å². The molecule has 0 spiro atoms. The lowest BCUT2D eigenvalue weighted by Crippen LogP contribution is -3.00. The number of hydroxylamine groups is 2. The van der Waals surface area contributed by atoms with E-state index in [2.05, 4.69) is 94.9 Å². The van der Waals surface area contributed by atoms with Gasteiger partial charge in [0.05, 0.1) is 28.3 Å². The Morgan fingerprint density at radius 3 is 1.20 bits per heavy atom. The van der Waals surface area contributed by atoms with Crippen molar-refractivity contribution in [3.8, 4) is 44.5 Å². The van der Waals surface area contributed by atoms with Gasteiger partial charge in [-0.2, -0.15) is 0 Å². The van der Waals surface area contributed by atoms with Crippen LogP contribution < -0.4 is 85.6 Å². The Hall–Kier alpha value is -5.93. The zero-order valence-electron chi connectivity index (χ0n) is 34.7. The number of aromatic nitrogens is 7. The molecule has 0 saturated carbocycles. The number of hydrogen-bond donors (Lipinski definition) is 2. The van der Waals surface area contributed by atoms with Crippen LogP contribution in [0.25, 0.3) is 90.9 Å². The maximum atomic E-state index is 13.1. The molecular weight excluding hydrogens is 1150 g/mol. The highest BCUT2D eigenvalue weighted by atomic mass is 127. The first-order chi connectivity index (χ1) is 29.7. The standard InChI is InChI=1S/C49H38N8O4.3HI/c1-54-24-18-31(19-25-54)46-37-10-8-35(50-37)45(30-4-6-34(7-5-30)49(60)61-57-43(58)16-17-44(57)59)36-9-11-38(51-36)47(32-20-26-55(2)27-21-32)40-13-15-42(53-40)48(41-14-12-39(46)52-41)33-22-28-56(3)29-23-33;;;/h4-15,18-29H,16-17H2,1-3H3,(H,50,51,52,53);3*1H/q+2;;;/p-2. The van der Waals surface area contributed by atoms with E-state index in [-0.39, 0.29) is 90.3 Å². The first-order valence-electron chi connectivity index (χ1n) is 19.9. The molecule has 2 N–H and O–H groups in total. The van der Waals surface area contributed by atoms with Gasteiger partial charge < -0.3 is 86.7 Å². The van der Waals surface area contributed by atoms with Gasteiger partial charge in [-0.25, -0.2) is 28.5 Å². The fraction of sp³-hybridized carbons (Fsp3) is 0.102. The van der Waals surface area contributed by atoms with E-state index < -0.39 is 17.8 Å². The van der Waals surface area contributed by atoms with Gasteiger partial charge in [-0.15, -0.1) is 5.06 Å². The fourth-order valence-electron chi connectivity index (χ4n) is 7.99. The Morgan fingerprint density at radius 1 is 0.484 bits per heavy atom. The number of H-pyrrole nitrogens is 2. The summed E-state index contributed by atoms with van der Waals surface area (Å²) in [7, 11) is 5.98. The van der Waals surface area contributed by atoms with Crippen molar-refractivity contribution < 1.29 is 105 Å². The Kier molecular flexibility index (Phi) is 13.7. The summed E-state index contributed by atoms with van der Waals surface area (Å²) in [5.74, 6) is -1.86. The van der Waals surface area contributed by atoms with Crippen LogP contribution in [0.4, 0.5) is 0 Å². The highest BCUT2D eigenvalue weighted by Crippen LogP contribution is 2.38. The second-order valence-electron chi connectivity index (χ2n) is 15.3. The van der Waals surface area contributed by atoms with E-state index >= 15 is 0 Å². The van der Waals surface area contributed by atoms with Crippen LogP contribution in [0.2, 0.25) is 0 Å². The zero-order valence-corrected chi connectivity index (χ0v) is 41.2. The largest absolute Gasteiger partial charge is 1.00 e. The lowest BCUT2D eigenvalue weighted by molar-refractivity contribution is -0.671. The lowest BCUT2D eigenvalue weighted by atomic mass is 10.0. The molecule has 320 valence electrons. The molecule has 1 saturated heterocycles. The van der Waals surface area contributed by atoms with Gasteiger partial charge in [0.1, 0.15) is 21.1 Å². The molecule has 2 amide bonds. The van der Waals surface area contributed by atoms with Crippen molar-refractivity contribution in [2.45, 2.75) is 12.8 Å². The highest BCUT2D eigenvalue weighted by Gasteiger charge is 2.33. The summed E-state index contributed by atoms with van der Waals surface area (Å²) in [5, 5.41) is 0.561. The zero-order chi connectivity index (χ0) is 41.8. The van der Waals surface area contributed by atoms with E-state index in [1.165, 1.54) is 0 Å². The number of carbonyl (C=O) groups excluding carboxylic acids is 3. The number of aromatic amines is 2. The van der Waals surface area contributed by atoms with Crippen LogP contribution in [0.1, 0.15) is 46.0 Å². The average Bonchev–Trinajstić information content (AvgIpc) is 4.14. The molecule has 1 aromatic carbocycles. The number of imide groups is 1. The van der Waals surface area contributed by atoms with Gasteiger partial charge in [0, 0.05) is 93.6 Å². The quantitative estimate of drug-likeness (QED) is 0.113. The number of nitrogens with one attached hydrogen (secondary N) is 2. The Labute approximate surface area is 419 Å².